The van der Waals surface area contributed by atoms with Gasteiger partial charge >= 0.3 is 0 Å². The second-order valence-electron chi connectivity index (χ2n) is 6.37. The number of aromatic nitrogens is 1. The van der Waals surface area contributed by atoms with Crippen LogP contribution in [0.1, 0.15) is 36.3 Å². The molecular weight excluding hydrogens is 304 g/mol. The normalized spacial score (nSPS) is 15.7. The number of hydrogen-bond acceptors (Lipinski definition) is 2. The zero-order chi connectivity index (χ0) is 15.8. The third-order valence-corrected chi connectivity index (χ3v) is 5.28. The largest absolute Gasteiger partial charge is 0.353 e. The van der Waals surface area contributed by atoms with Crippen molar-refractivity contribution < 1.29 is 4.79 Å². The van der Waals surface area contributed by atoms with Gasteiger partial charge in [0.05, 0.1) is 0 Å². The number of nitrogens with one attached hydrogen (secondary N) is 1. The van der Waals surface area contributed by atoms with Crippen LogP contribution in [0.25, 0.3) is 10.9 Å². The quantitative estimate of drug-likeness (QED) is 0.755. The first-order valence-corrected chi connectivity index (χ1v) is 9.02. The Morgan fingerprint density at radius 2 is 2.17 bits per heavy atom. The van der Waals surface area contributed by atoms with Crippen molar-refractivity contribution in [3.63, 3.8) is 0 Å². The summed E-state index contributed by atoms with van der Waals surface area (Å²) < 4.78 is 2.16. The number of aryl methyl sites for hydroxylation is 1. The number of carbonyl (C=O) groups excluding carboxylic acids is 1. The molecular formula is C19H20N2OS. The molecule has 1 amide bonds. The third kappa shape index (κ3) is 2.91. The van der Waals surface area contributed by atoms with E-state index in [-0.39, 0.29) is 11.8 Å². The van der Waals surface area contributed by atoms with E-state index in [2.05, 4.69) is 64.2 Å². The standard InChI is InChI=1S/C19H20N2OS/c1-21-11-17(15-4-2-3-5-18(15)21)16(13-8-9-23-12-13)10-19(22)20-14-6-7-14/h2-5,8-9,11-12,14,16H,6-7,10H2,1H3,(H,20,22). The molecule has 3 aromatic rings. The Morgan fingerprint density at radius 1 is 1.35 bits per heavy atom. The maximum absolute atomic E-state index is 12.4. The van der Waals surface area contributed by atoms with Crippen LogP contribution in [0.4, 0.5) is 0 Å². The van der Waals surface area contributed by atoms with Crippen molar-refractivity contribution in [2.45, 2.75) is 31.2 Å². The Hall–Kier alpha value is -2.07. The summed E-state index contributed by atoms with van der Waals surface area (Å²) in [6.07, 6.45) is 4.95. The van der Waals surface area contributed by atoms with Gasteiger partial charge in [-0.2, -0.15) is 11.3 Å². The summed E-state index contributed by atoms with van der Waals surface area (Å²) in [7, 11) is 2.07. The van der Waals surface area contributed by atoms with Gasteiger partial charge in [0.1, 0.15) is 0 Å². The molecule has 1 aromatic carbocycles. The Kier molecular flexibility index (Phi) is 3.69. The Bertz CT molecular complexity index is 830. The minimum atomic E-state index is 0.117. The summed E-state index contributed by atoms with van der Waals surface area (Å²) in [6, 6.07) is 11.0. The molecule has 23 heavy (non-hydrogen) atoms. The number of fused-ring (bicyclic) bond motifs is 1. The number of nitrogens with zero attached hydrogens (tertiary/aromatic N) is 1. The van der Waals surface area contributed by atoms with Crippen LogP contribution in [0.15, 0.2) is 47.3 Å². The number of amides is 1. The lowest BCUT2D eigenvalue weighted by molar-refractivity contribution is -0.121. The van der Waals surface area contributed by atoms with Crippen LogP contribution in [0.2, 0.25) is 0 Å². The van der Waals surface area contributed by atoms with E-state index < -0.39 is 0 Å². The van der Waals surface area contributed by atoms with Gasteiger partial charge in [-0.1, -0.05) is 18.2 Å². The van der Waals surface area contributed by atoms with E-state index in [4.69, 9.17) is 0 Å². The molecule has 4 heteroatoms. The summed E-state index contributed by atoms with van der Waals surface area (Å²) in [5.74, 6) is 0.280. The van der Waals surface area contributed by atoms with Gasteiger partial charge in [-0.25, -0.2) is 0 Å². The van der Waals surface area contributed by atoms with E-state index >= 15 is 0 Å². The average molecular weight is 324 g/mol. The van der Waals surface area contributed by atoms with Gasteiger partial charge in [0, 0.05) is 42.5 Å². The lowest BCUT2D eigenvalue weighted by Gasteiger charge is -2.15. The molecule has 1 N–H and O–H groups in total. The fourth-order valence-corrected chi connectivity index (χ4v) is 3.95. The van der Waals surface area contributed by atoms with Crippen LogP contribution in [0.5, 0.6) is 0 Å². The summed E-state index contributed by atoms with van der Waals surface area (Å²) >= 11 is 1.69. The van der Waals surface area contributed by atoms with Gasteiger partial charge in [0.15, 0.2) is 0 Å². The maximum Gasteiger partial charge on any atom is 0.221 e. The minimum Gasteiger partial charge on any atom is -0.353 e. The molecule has 0 aliphatic heterocycles. The number of rotatable bonds is 5. The van der Waals surface area contributed by atoms with Crippen LogP contribution in [-0.2, 0) is 11.8 Å². The number of para-hydroxylation sites is 1. The zero-order valence-corrected chi connectivity index (χ0v) is 14.0. The molecule has 1 unspecified atom stereocenters. The van der Waals surface area contributed by atoms with Crippen LogP contribution >= 0.6 is 11.3 Å². The molecule has 0 bridgehead atoms. The van der Waals surface area contributed by atoms with E-state index in [1.165, 1.54) is 22.0 Å². The fourth-order valence-electron chi connectivity index (χ4n) is 3.23. The smallest absolute Gasteiger partial charge is 0.221 e. The van der Waals surface area contributed by atoms with Crippen molar-refractivity contribution in [1.29, 1.82) is 0 Å². The highest BCUT2D eigenvalue weighted by molar-refractivity contribution is 7.08. The monoisotopic (exact) mass is 324 g/mol. The second kappa shape index (κ2) is 5.85. The predicted molar refractivity (Wildman–Crippen MR) is 94.9 cm³/mol. The number of hydrogen-bond donors (Lipinski definition) is 1. The first-order valence-electron chi connectivity index (χ1n) is 8.08. The van der Waals surface area contributed by atoms with E-state index in [9.17, 15) is 4.79 Å². The molecule has 2 heterocycles. The predicted octanol–water partition coefficient (Wildman–Crippen LogP) is 4.04. The summed E-state index contributed by atoms with van der Waals surface area (Å²) in [5, 5.41) is 8.62. The molecule has 2 aromatic heterocycles. The van der Waals surface area contributed by atoms with Crippen molar-refractivity contribution in [1.82, 2.24) is 9.88 Å². The molecule has 4 rings (SSSR count). The zero-order valence-electron chi connectivity index (χ0n) is 13.2. The average Bonchev–Trinajstić information content (AvgIpc) is 3.09. The SMILES string of the molecule is Cn1cc(C(CC(=O)NC2CC2)c2ccsc2)c2ccccc21. The number of benzene rings is 1. The maximum atomic E-state index is 12.4. The van der Waals surface area contributed by atoms with Crippen molar-refractivity contribution >= 4 is 28.1 Å². The highest BCUT2D eigenvalue weighted by atomic mass is 32.1. The van der Waals surface area contributed by atoms with Gasteiger partial charge in [-0.3, -0.25) is 4.79 Å². The molecule has 3 nitrogen and oxygen atoms in total. The highest BCUT2D eigenvalue weighted by Crippen LogP contribution is 2.35. The number of carbonyl (C=O) groups is 1. The third-order valence-electron chi connectivity index (χ3n) is 4.58. The second-order valence-corrected chi connectivity index (χ2v) is 7.15. The highest BCUT2D eigenvalue weighted by Gasteiger charge is 2.27. The molecule has 0 saturated heterocycles. The topological polar surface area (TPSA) is 34.0 Å². The Balaban J connectivity index is 1.73. The van der Waals surface area contributed by atoms with Crippen LogP contribution in [0.3, 0.4) is 0 Å². The Labute approximate surface area is 139 Å². The lowest BCUT2D eigenvalue weighted by atomic mass is 9.89. The molecule has 1 fully saturated rings. The molecule has 1 aliphatic rings. The van der Waals surface area contributed by atoms with Gasteiger partial charge in [0.2, 0.25) is 5.91 Å². The van der Waals surface area contributed by atoms with Gasteiger partial charge in [0.25, 0.3) is 0 Å². The van der Waals surface area contributed by atoms with Crippen molar-refractivity contribution in [2.75, 3.05) is 0 Å². The van der Waals surface area contributed by atoms with Crippen LogP contribution in [-0.4, -0.2) is 16.5 Å². The van der Waals surface area contributed by atoms with Crippen molar-refractivity contribution in [2.24, 2.45) is 7.05 Å². The molecule has 1 saturated carbocycles. The van der Waals surface area contributed by atoms with E-state index in [0.717, 1.165) is 12.8 Å². The molecule has 0 radical (unpaired) electrons. The fraction of sp³-hybridized carbons (Fsp3) is 0.316. The van der Waals surface area contributed by atoms with Crippen molar-refractivity contribution in [3.8, 4) is 0 Å². The first kappa shape index (κ1) is 14.5. The molecule has 0 spiro atoms. The number of thiophene rings is 1. The van der Waals surface area contributed by atoms with E-state index in [0.29, 0.717) is 12.5 Å². The molecule has 118 valence electrons. The lowest BCUT2D eigenvalue weighted by Crippen LogP contribution is -2.27. The van der Waals surface area contributed by atoms with Gasteiger partial charge in [-0.05, 0) is 46.9 Å². The van der Waals surface area contributed by atoms with Crippen LogP contribution < -0.4 is 5.32 Å². The Morgan fingerprint density at radius 3 is 2.91 bits per heavy atom. The summed E-state index contributed by atoms with van der Waals surface area (Å²) in [4.78, 5) is 12.4. The first-order chi connectivity index (χ1) is 11.2. The van der Waals surface area contributed by atoms with E-state index in [1.54, 1.807) is 11.3 Å². The minimum absolute atomic E-state index is 0.117. The van der Waals surface area contributed by atoms with Crippen molar-refractivity contribution in [3.05, 3.63) is 58.4 Å². The summed E-state index contributed by atoms with van der Waals surface area (Å²) in [5.41, 5.74) is 3.69. The van der Waals surface area contributed by atoms with Gasteiger partial charge in [-0.15, -0.1) is 0 Å². The van der Waals surface area contributed by atoms with Gasteiger partial charge < -0.3 is 9.88 Å². The van der Waals surface area contributed by atoms with E-state index in [1.807, 2.05) is 0 Å². The van der Waals surface area contributed by atoms with Crippen LogP contribution in [0, 0.1) is 0 Å². The summed E-state index contributed by atoms with van der Waals surface area (Å²) in [6.45, 7) is 0. The molecule has 1 atom stereocenters. The molecule has 1 aliphatic carbocycles.